The average molecular weight is 383 g/mol. The Morgan fingerprint density at radius 1 is 1.21 bits per heavy atom. The maximum Gasteiger partial charge on any atom is 0.231 e. The van der Waals surface area contributed by atoms with Gasteiger partial charge in [0.15, 0.2) is 5.82 Å². The SMILES string of the molecule is CCOc1cc(NC(C)=O)ccc1-c1nnc(N(C)c2ccc(F)cc2)n1C. The van der Waals surface area contributed by atoms with Gasteiger partial charge in [-0.05, 0) is 43.3 Å². The number of halogens is 1. The highest BCUT2D eigenvalue weighted by Crippen LogP contribution is 2.33. The fourth-order valence-corrected chi connectivity index (χ4v) is 2.89. The van der Waals surface area contributed by atoms with E-state index in [2.05, 4.69) is 15.5 Å². The Morgan fingerprint density at radius 2 is 1.93 bits per heavy atom. The van der Waals surface area contributed by atoms with Crippen LogP contribution in [0, 0.1) is 5.82 Å². The second-order valence-electron chi connectivity index (χ2n) is 6.24. The fraction of sp³-hybridized carbons (Fsp3) is 0.250. The number of aromatic nitrogens is 3. The third kappa shape index (κ3) is 3.95. The summed E-state index contributed by atoms with van der Waals surface area (Å²) in [5.41, 5.74) is 2.18. The topological polar surface area (TPSA) is 72.3 Å². The number of carbonyl (C=O) groups excluding carboxylic acids is 1. The maximum absolute atomic E-state index is 13.2. The smallest absolute Gasteiger partial charge is 0.231 e. The molecule has 0 fully saturated rings. The number of hydrogen-bond donors (Lipinski definition) is 1. The standard InChI is InChI=1S/C20H22FN5O2/c1-5-28-18-12-15(22-13(2)27)8-11-17(18)19-23-24-20(26(19)4)25(3)16-9-6-14(21)7-10-16/h6-12H,5H2,1-4H3,(H,22,27). The summed E-state index contributed by atoms with van der Waals surface area (Å²) in [5, 5.41) is 11.3. The van der Waals surface area contributed by atoms with Crippen molar-refractivity contribution in [3.8, 4) is 17.1 Å². The highest BCUT2D eigenvalue weighted by Gasteiger charge is 2.19. The molecule has 0 atom stereocenters. The number of nitrogens with one attached hydrogen (secondary N) is 1. The minimum absolute atomic E-state index is 0.155. The Labute approximate surface area is 162 Å². The number of amides is 1. The van der Waals surface area contributed by atoms with Crippen LogP contribution in [0.3, 0.4) is 0 Å². The van der Waals surface area contributed by atoms with Gasteiger partial charge in [-0.15, -0.1) is 10.2 Å². The maximum atomic E-state index is 13.2. The van der Waals surface area contributed by atoms with Crippen LogP contribution in [0.1, 0.15) is 13.8 Å². The monoisotopic (exact) mass is 383 g/mol. The molecule has 1 amide bonds. The predicted octanol–water partition coefficient (Wildman–Crippen LogP) is 3.75. The van der Waals surface area contributed by atoms with E-state index >= 15 is 0 Å². The van der Waals surface area contributed by atoms with Gasteiger partial charge in [0.2, 0.25) is 11.9 Å². The molecule has 1 heterocycles. The molecule has 28 heavy (non-hydrogen) atoms. The molecule has 0 unspecified atom stereocenters. The summed E-state index contributed by atoms with van der Waals surface area (Å²) in [4.78, 5) is 13.1. The molecule has 146 valence electrons. The van der Waals surface area contributed by atoms with Gasteiger partial charge in [-0.25, -0.2) is 4.39 Å². The van der Waals surface area contributed by atoms with E-state index in [1.807, 2.05) is 36.6 Å². The van der Waals surface area contributed by atoms with E-state index in [0.29, 0.717) is 29.8 Å². The molecule has 1 N–H and O–H groups in total. The van der Waals surface area contributed by atoms with Crippen molar-refractivity contribution in [2.24, 2.45) is 7.05 Å². The number of carbonyl (C=O) groups is 1. The molecule has 0 radical (unpaired) electrons. The Bertz CT molecular complexity index is 985. The van der Waals surface area contributed by atoms with Crippen molar-refractivity contribution in [2.75, 3.05) is 23.9 Å². The predicted molar refractivity (Wildman–Crippen MR) is 106 cm³/mol. The number of ether oxygens (including phenoxy) is 1. The van der Waals surface area contributed by atoms with E-state index in [0.717, 1.165) is 11.3 Å². The van der Waals surface area contributed by atoms with E-state index in [1.165, 1.54) is 19.1 Å². The first-order valence-corrected chi connectivity index (χ1v) is 8.84. The number of hydrogen-bond acceptors (Lipinski definition) is 5. The van der Waals surface area contributed by atoms with Crippen LogP contribution in [0.4, 0.5) is 21.7 Å². The van der Waals surface area contributed by atoms with Crippen molar-refractivity contribution in [3.63, 3.8) is 0 Å². The number of nitrogens with zero attached hydrogens (tertiary/aromatic N) is 4. The fourth-order valence-electron chi connectivity index (χ4n) is 2.89. The van der Waals surface area contributed by atoms with Gasteiger partial charge in [0.05, 0.1) is 12.2 Å². The highest BCUT2D eigenvalue weighted by molar-refractivity contribution is 5.89. The normalized spacial score (nSPS) is 10.6. The Morgan fingerprint density at radius 3 is 2.57 bits per heavy atom. The lowest BCUT2D eigenvalue weighted by Crippen LogP contribution is -2.14. The van der Waals surface area contributed by atoms with Gasteiger partial charge < -0.3 is 15.0 Å². The first-order valence-electron chi connectivity index (χ1n) is 8.84. The van der Waals surface area contributed by atoms with Gasteiger partial charge >= 0.3 is 0 Å². The zero-order valence-electron chi connectivity index (χ0n) is 16.2. The molecular formula is C20H22FN5O2. The lowest BCUT2D eigenvalue weighted by molar-refractivity contribution is -0.114. The molecule has 8 heteroatoms. The molecule has 3 aromatic rings. The molecule has 0 aliphatic rings. The highest BCUT2D eigenvalue weighted by atomic mass is 19.1. The molecule has 3 rings (SSSR count). The van der Waals surface area contributed by atoms with Crippen LogP contribution in [0.15, 0.2) is 42.5 Å². The van der Waals surface area contributed by atoms with Crippen LogP contribution in [0.5, 0.6) is 5.75 Å². The van der Waals surface area contributed by atoms with Gasteiger partial charge in [-0.2, -0.15) is 0 Å². The second-order valence-corrected chi connectivity index (χ2v) is 6.24. The zero-order chi connectivity index (χ0) is 20.3. The second kappa shape index (κ2) is 8.08. The molecule has 0 aliphatic heterocycles. The van der Waals surface area contributed by atoms with Crippen molar-refractivity contribution >= 4 is 23.2 Å². The van der Waals surface area contributed by atoms with Crippen molar-refractivity contribution in [1.29, 1.82) is 0 Å². The molecule has 2 aromatic carbocycles. The quantitative estimate of drug-likeness (QED) is 0.702. The number of anilines is 3. The lowest BCUT2D eigenvalue weighted by atomic mass is 10.1. The van der Waals surface area contributed by atoms with E-state index in [4.69, 9.17) is 4.74 Å². The van der Waals surface area contributed by atoms with E-state index in [-0.39, 0.29) is 11.7 Å². The van der Waals surface area contributed by atoms with Crippen LogP contribution in [-0.2, 0) is 11.8 Å². The third-order valence-electron chi connectivity index (χ3n) is 4.21. The molecular weight excluding hydrogens is 361 g/mol. The number of rotatable bonds is 6. The minimum Gasteiger partial charge on any atom is -0.493 e. The molecule has 7 nitrogen and oxygen atoms in total. The Hall–Kier alpha value is -3.42. The summed E-state index contributed by atoms with van der Waals surface area (Å²) in [6, 6.07) is 11.5. The first kappa shape index (κ1) is 19.3. The van der Waals surface area contributed by atoms with Crippen molar-refractivity contribution < 1.29 is 13.9 Å². The van der Waals surface area contributed by atoms with Crippen molar-refractivity contribution in [2.45, 2.75) is 13.8 Å². The van der Waals surface area contributed by atoms with Crippen molar-refractivity contribution in [3.05, 3.63) is 48.3 Å². The van der Waals surface area contributed by atoms with Crippen molar-refractivity contribution in [1.82, 2.24) is 14.8 Å². The lowest BCUT2D eigenvalue weighted by Gasteiger charge is -2.18. The van der Waals surface area contributed by atoms with E-state index in [1.54, 1.807) is 24.3 Å². The zero-order valence-corrected chi connectivity index (χ0v) is 16.2. The van der Waals surface area contributed by atoms with Gasteiger partial charge in [-0.1, -0.05) is 0 Å². The van der Waals surface area contributed by atoms with Crippen LogP contribution in [0.2, 0.25) is 0 Å². The number of benzene rings is 2. The largest absolute Gasteiger partial charge is 0.493 e. The van der Waals surface area contributed by atoms with Crippen LogP contribution < -0.4 is 15.0 Å². The molecule has 0 saturated heterocycles. The molecule has 0 spiro atoms. The molecule has 0 bridgehead atoms. The van der Waals surface area contributed by atoms with Gasteiger partial charge in [0.25, 0.3) is 0 Å². The summed E-state index contributed by atoms with van der Waals surface area (Å²) < 4.78 is 20.8. The Balaban J connectivity index is 1.98. The summed E-state index contributed by atoms with van der Waals surface area (Å²) in [7, 11) is 3.69. The average Bonchev–Trinajstić information content (AvgIpc) is 3.03. The van der Waals surface area contributed by atoms with Gasteiger partial charge in [-0.3, -0.25) is 9.36 Å². The van der Waals surface area contributed by atoms with Gasteiger partial charge in [0.1, 0.15) is 11.6 Å². The van der Waals surface area contributed by atoms with E-state index in [9.17, 15) is 9.18 Å². The van der Waals surface area contributed by atoms with Gasteiger partial charge in [0, 0.05) is 38.5 Å². The van der Waals surface area contributed by atoms with E-state index < -0.39 is 0 Å². The molecule has 1 aromatic heterocycles. The molecule has 0 aliphatic carbocycles. The molecule has 0 saturated carbocycles. The van der Waals surface area contributed by atoms with Crippen LogP contribution >= 0.6 is 0 Å². The summed E-state index contributed by atoms with van der Waals surface area (Å²) in [5.74, 6) is 1.35. The summed E-state index contributed by atoms with van der Waals surface area (Å²) in [6.45, 7) is 3.81. The van der Waals surface area contributed by atoms with Crippen LogP contribution in [0.25, 0.3) is 11.4 Å². The van der Waals surface area contributed by atoms with Crippen LogP contribution in [-0.4, -0.2) is 34.3 Å². The minimum atomic E-state index is -0.295. The third-order valence-corrected chi connectivity index (χ3v) is 4.21. The first-order chi connectivity index (χ1) is 13.4. The summed E-state index contributed by atoms with van der Waals surface area (Å²) in [6.07, 6.45) is 0. The summed E-state index contributed by atoms with van der Waals surface area (Å²) >= 11 is 0. The Kier molecular flexibility index (Phi) is 5.58.